The van der Waals surface area contributed by atoms with Crippen molar-refractivity contribution >= 4 is 11.9 Å². The molecule has 2 atom stereocenters. The quantitative estimate of drug-likeness (QED) is 0.733. The minimum atomic E-state index is -0.936. The smallest absolute Gasteiger partial charge is 0.307 e. The van der Waals surface area contributed by atoms with Crippen LogP contribution in [0.15, 0.2) is 28.8 Å². The minimum absolute atomic E-state index is 0.236. The SMILES string of the molecule is CC1(C)[C@H](C(=O)O)[C@@H]1C(=O)NCCCc1nc(-c2ccc(F)cc2)no1. The number of carbonyl (C=O) groups excluding carboxylic acids is 1. The first-order chi connectivity index (χ1) is 12.3. The summed E-state index contributed by atoms with van der Waals surface area (Å²) in [6.07, 6.45) is 1.06. The summed E-state index contributed by atoms with van der Waals surface area (Å²) in [5, 5.41) is 15.7. The monoisotopic (exact) mass is 361 g/mol. The molecule has 3 rings (SSSR count). The second-order valence-electron chi connectivity index (χ2n) is 7.03. The van der Waals surface area contributed by atoms with Gasteiger partial charge in [0.25, 0.3) is 0 Å². The van der Waals surface area contributed by atoms with Gasteiger partial charge in [0.1, 0.15) is 5.82 Å². The zero-order chi connectivity index (χ0) is 18.9. The van der Waals surface area contributed by atoms with Gasteiger partial charge in [-0.15, -0.1) is 0 Å². The number of aromatic nitrogens is 2. The Bertz CT molecular complexity index is 816. The Morgan fingerprint density at radius 2 is 1.96 bits per heavy atom. The predicted octanol–water partition coefficient (Wildman–Crippen LogP) is 2.28. The number of aryl methyl sites for hydroxylation is 1. The fourth-order valence-corrected chi connectivity index (χ4v) is 3.22. The van der Waals surface area contributed by atoms with Crippen molar-refractivity contribution in [3.05, 3.63) is 36.0 Å². The fourth-order valence-electron chi connectivity index (χ4n) is 3.22. The lowest BCUT2D eigenvalue weighted by Crippen LogP contribution is -2.28. The van der Waals surface area contributed by atoms with E-state index in [4.69, 9.17) is 9.63 Å². The van der Waals surface area contributed by atoms with E-state index < -0.39 is 23.2 Å². The van der Waals surface area contributed by atoms with Crippen molar-refractivity contribution in [3.8, 4) is 11.4 Å². The van der Waals surface area contributed by atoms with Crippen LogP contribution in [0.5, 0.6) is 0 Å². The molecule has 0 spiro atoms. The van der Waals surface area contributed by atoms with Crippen LogP contribution in [0.3, 0.4) is 0 Å². The molecule has 0 saturated heterocycles. The van der Waals surface area contributed by atoms with E-state index in [1.165, 1.54) is 12.1 Å². The number of carboxylic acids is 1. The van der Waals surface area contributed by atoms with E-state index >= 15 is 0 Å². The lowest BCUT2D eigenvalue weighted by atomic mass is 10.1. The first-order valence-electron chi connectivity index (χ1n) is 8.39. The van der Waals surface area contributed by atoms with E-state index in [2.05, 4.69) is 15.5 Å². The van der Waals surface area contributed by atoms with Gasteiger partial charge in [0, 0.05) is 18.5 Å². The van der Waals surface area contributed by atoms with Gasteiger partial charge in [-0.3, -0.25) is 9.59 Å². The van der Waals surface area contributed by atoms with E-state index in [0.29, 0.717) is 36.7 Å². The number of benzene rings is 1. The van der Waals surface area contributed by atoms with Gasteiger partial charge in [-0.2, -0.15) is 4.98 Å². The van der Waals surface area contributed by atoms with Gasteiger partial charge in [-0.1, -0.05) is 19.0 Å². The van der Waals surface area contributed by atoms with Crippen molar-refractivity contribution < 1.29 is 23.6 Å². The number of carbonyl (C=O) groups is 2. The van der Waals surface area contributed by atoms with E-state index in [1.54, 1.807) is 26.0 Å². The van der Waals surface area contributed by atoms with E-state index in [-0.39, 0.29) is 11.7 Å². The van der Waals surface area contributed by atoms with Crippen LogP contribution in [-0.2, 0) is 16.0 Å². The number of carboxylic acid groups (broad SMARTS) is 1. The fraction of sp³-hybridized carbons (Fsp3) is 0.444. The van der Waals surface area contributed by atoms with Crippen molar-refractivity contribution in [3.63, 3.8) is 0 Å². The first kappa shape index (κ1) is 18.0. The highest BCUT2D eigenvalue weighted by atomic mass is 19.1. The van der Waals surface area contributed by atoms with Crippen molar-refractivity contribution in [1.29, 1.82) is 0 Å². The molecule has 1 aromatic heterocycles. The van der Waals surface area contributed by atoms with Gasteiger partial charge in [-0.25, -0.2) is 4.39 Å². The second kappa shape index (κ2) is 6.86. The molecule has 1 fully saturated rings. The molecule has 1 aliphatic rings. The summed E-state index contributed by atoms with van der Waals surface area (Å²) in [5.41, 5.74) is 0.150. The van der Waals surface area contributed by atoms with Gasteiger partial charge in [0.2, 0.25) is 17.6 Å². The number of aliphatic carboxylic acids is 1. The van der Waals surface area contributed by atoms with Crippen molar-refractivity contribution in [2.24, 2.45) is 17.3 Å². The minimum Gasteiger partial charge on any atom is -0.481 e. The molecule has 26 heavy (non-hydrogen) atoms. The number of halogens is 1. The van der Waals surface area contributed by atoms with Crippen LogP contribution in [0.4, 0.5) is 4.39 Å². The molecule has 0 unspecified atom stereocenters. The molecule has 0 aliphatic heterocycles. The first-order valence-corrected chi connectivity index (χ1v) is 8.39. The molecule has 8 heteroatoms. The summed E-state index contributed by atoms with van der Waals surface area (Å²) in [7, 11) is 0. The summed E-state index contributed by atoms with van der Waals surface area (Å²) in [5.74, 6) is -1.82. The summed E-state index contributed by atoms with van der Waals surface area (Å²) in [4.78, 5) is 27.5. The standard InChI is InChI=1S/C18H20FN3O4/c1-18(2)13(14(18)17(24)25)16(23)20-9-3-4-12-21-15(22-26-12)10-5-7-11(19)8-6-10/h5-8,13-14H,3-4,9H2,1-2H3,(H,20,23)(H,24,25)/t13-,14+/m1/s1. The summed E-state index contributed by atoms with van der Waals surface area (Å²) in [6, 6.07) is 5.79. The van der Waals surface area contributed by atoms with Crippen LogP contribution in [0, 0.1) is 23.1 Å². The van der Waals surface area contributed by atoms with Crippen LogP contribution in [-0.4, -0.2) is 33.7 Å². The van der Waals surface area contributed by atoms with Gasteiger partial charge >= 0.3 is 5.97 Å². The Morgan fingerprint density at radius 3 is 2.58 bits per heavy atom. The molecule has 1 heterocycles. The van der Waals surface area contributed by atoms with Gasteiger partial charge in [-0.05, 0) is 36.1 Å². The zero-order valence-corrected chi connectivity index (χ0v) is 14.5. The number of nitrogens with one attached hydrogen (secondary N) is 1. The Kier molecular flexibility index (Phi) is 4.76. The topological polar surface area (TPSA) is 105 Å². The summed E-state index contributed by atoms with van der Waals surface area (Å²) in [6.45, 7) is 3.96. The predicted molar refractivity (Wildman–Crippen MR) is 89.4 cm³/mol. The Morgan fingerprint density at radius 1 is 1.27 bits per heavy atom. The summed E-state index contributed by atoms with van der Waals surface area (Å²) >= 11 is 0. The molecule has 0 bridgehead atoms. The third kappa shape index (κ3) is 3.58. The van der Waals surface area contributed by atoms with Crippen LogP contribution in [0.2, 0.25) is 0 Å². The molecule has 1 amide bonds. The molecular formula is C18H20FN3O4. The molecule has 138 valence electrons. The zero-order valence-electron chi connectivity index (χ0n) is 14.5. The molecule has 0 radical (unpaired) electrons. The summed E-state index contributed by atoms with van der Waals surface area (Å²) < 4.78 is 18.1. The molecule has 1 aliphatic carbocycles. The third-order valence-electron chi connectivity index (χ3n) is 4.81. The Balaban J connectivity index is 1.45. The lowest BCUT2D eigenvalue weighted by molar-refractivity contribution is -0.140. The maximum Gasteiger partial charge on any atom is 0.307 e. The van der Waals surface area contributed by atoms with Gasteiger partial charge in [0.05, 0.1) is 11.8 Å². The van der Waals surface area contributed by atoms with Gasteiger partial charge < -0.3 is 14.9 Å². The highest BCUT2D eigenvalue weighted by molar-refractivity contribution is 5.91. The molecule has 2 aromatic rings. The average Bonchev–Trinajstić information content (AvgIpc) is 2.92. The number of amides is 1. The van der Waals surface area contributed by atoms with Gasteiger partial charge in [0.15, 0.2) is 0 Å². The van der Waals surface area contributed by atoms with Crippen LogP contribution < -0.4 is 5.32 Å². The highest BCUT2D eigenvalue weighted by Crippen LogP contribution is 2.58. The maximum absolute atomic E-state index is 12.9. The molecule has 2 N–H and O–H groups in total. The Labute approximate surface area is 149 Å². The van der Waals surface area contributed by atoms with Crippen LogP contribution in [0.1, 0.15) is 26.2 Å². The number of nitrogens with zero attached hydrogens (tertiary/aromatic N) is 2. The normalized spacial score (nSPS) is 20.6. The molecular weight excluding hydrogens is 341 g/mol. The van der Waals surface area contributed by atoms with E-state index in [0.717, 1.165) is 0 Å². The third-order valence-corrected chi connectivity index (χ3v) is 4.81. The Hall–Kier alpha value is -2.77. The number of hydrogen-bond donors (Lipinski definition) is 2. The molecule has 7 nitrogen and oxygen atoms in total. The lowest BCUT2D eigenvalue weighted by Gasteiger charge is -2.04. The second-order valence-corrected chi connectivity index (χ2v) is 7.03. The van der Waals surface area contributed by atoms with E-state index in [1.807, 2.05) is 0 Å². The largest absolute Gasteiger partial charge is 0.481 e. The number of hydrogen-bond acceptors (Lipinski definition) is 5. The average molecular weight is 361 g/mol. The molecule has 1 saturated carbocycles. The number of rotatable bonds is 7. The van der Waals surface area contributed by atoms with Crippen molar-refractivity contribution in [2.75, 3.05) is 6.54 Å². The van der Waals surface area contributed by atoms with Crippen LogP contribution in [0.25, 0.3) is 11.4 Å². The molecule has 1 aromatic carbocycles. The van der Waals surface area contributed by atoms with Crippen LogP contribution >= 0.6 is 0 Å². The van der Waals surface area contributed by atoms with E-state index in [9.17, 15) is 14.0 Å². The van der Waals surface area contributed by atoms with Crippen molar-refractivity contribution in [2.45, 2.75) is 26.7 Å². The highest BCUT2D eigenvalue weighted by Gasteiger charge is 2.65. The van der Waals surface area contributed by atoms with Crippen molar-refractivity contribution in [1.82, 2.24) is 15.5 Å². The maximum atomic E-state index is 12.9.